The lowest BCUT2D eigenvalue weighted by atomic mass is 10.1. The van der Waals surface area contributed by atoms with Crippen LogP contribution < -0.4 is 10.3 Å². The standard InChI is InChI=1S/C31H32N4O6/c1-39-24-12-8-11-23(19-24)35-27(32-26-14-7-6-13-25(26)30(35)37)20-33-15-17-34(18-16-33)21-28(36)41-29(31(38)40-2)22-9-4-3-5-10-22/h3-14,19,29H,15-18,20-21H2,1-2H3. The number of para-hydroxylation sites is 1. The summed E-state index contributed by atoms with van der Waals surface area (Å²) in [4.78, 5) is 47.7. The van der Waals surface area contributed by atoms with Crippen LogP contribution in [-0.4, -0.2) is 78.2 Å². The number of piperazine rings is 1. The number of methoxy groups -OCH3 is 2. The van der Waals surface area contributed by atoms with Gasteiger partial charge in [-0.3, -0.25) is 24.0 Å². The molecule has 41 heavy (non-hydrogen) atoms. The molecule has 1 aliphatic heterocycles. The molecule has 1 aliphatic rings. The highest BCUT2D eigenvalue weighted by Crippen LogP contribution is 2.21. The van der Waals surface area contributed by atoms with Gasteiger partial charge in [-0.05, 0) is 24.3 Å². The van der Waals surface area contributed by atoms with Gasteiger partial charge in [-0.2, -0.15) is 0 Å². The van der Waals surface area contributed by atoms with Crippen molar-refractivity contribution in [1.82, 2.24) is 19.4 Å². The van der Waals surface area contributed by atoms with Crippen LogP contribution in [0.1, 0.15) is 17.5 Å². The maximum absolute atomic E-state index is 13.6. The second kappa shape index (κ2) is 12.8. The molecule has 0 N–H and O–H groups in total. The number of carbonyl (C=O) groups excluding carboxylic acids is 2. The van der Waals surface area contributed by atoms with E-state index in [1.165, 1.54) is 7.11 Å². The molecule has 1 saturated heterocycles. The molecule has 0 aliphatic carbocycles. The molecule has 10 heteroatoms. The first-order valence-electron chi connectivity index (χ1n) is 13.4. The molecule has 3 aromatic carbocycles. The largest absolute Gasteiger partial charge is 0.497 e. The highest BCUT2D eigenvalue weighted by atomic mass is 16.6. The monoisotopic (exact) mass is 556 g/mol. The predicted octanol–water partition coefficient (Wildman–Crippen LogP) is 2.97. The van der Waals surface area contributed by atoms with Crippen LogP contribution in [-0.2, 0) is 25.6 Å². The van der Waals surface area contributed by atoms with Crippen LogP contribution in [0.2, 0.25) is 0 Å². The lowest BCUT2D eigenvalue weighted by molar-refractivity contribution is -0.167. The Morgan fingerprint density at radius 1 is 0.878 bits per heavy atom. The van der Waals surface area contributed by atoms with E-state index >= 15 is 0 Å². The Morgan fingerprint density at radius 3 is 2.32 bits per heavy atom. The number of hydrogen-bond donors (Lipinski definition) is 0. The smallest absolute Gasteiger partial charge is 0.351 e. The summed E-state index contributed by atoms with van der Waals surface area (Å²) in [5.74, 6) is 0.148. The first-order chi connectivity index (χ1) is 20.0. The Kier molecular flexibility index (Phi) is 8.71. The lowest BCUT2D eigenvalue weighted by Crippen LogP contribution is -2.48. The van der Waals surface area contributed by atoms with Gasteiger partial charge in [0, 0.05) is 37.8 Å². The van der Waals surface area contributed by atoms with Gasteiger partial charge in [-0.1, -0.05) is 48.5 Å². The van der Waals surface area contributed by atoms with Crippen molar-refractivity contribution in [3.8, 4) is 11.4 Å². The summed E-state index contributed by atoms with van der Waals surface area (Å²) in [6.07, 6.45) is -1.11. The van der Waals surface area contributed by atoms with E-state index in [-0.39, 0.29) is 12.1 Å². The van der Waals surface area contributed by atoms with E-state index in [1.54, 1.807) is 42.0 Å². The van der Waals surface area contributed by atoms with Crippen LogP contribution in [0.4, 0.5) is 0 Å². The van der Waals surface area contributed by atoms with Crippen molar-refractivity contribution < 1.29 is 23.8 Å². The third-order valence-corrected chi connectivity index (χ3v) is 7.11. The number of esters is 2. The van der Waals surface area contributed by atoms with Crippen LogP contribution >= 0.6 is 0 Å². The van der Waals surface area contributed by atoms with Crippen molar-refractivity contribution in [3.05, 3.63) is 101 Å². The van der Waals surface area contributed by atoms with Gasteiger partial charge in [-0.15, -0.1) is 0 Å². The number of fused-ring (bicyclic) bond motifs is 1. The third kappa shape index (κ3) is 6.45. The minimum atomic E-state index is -1.11. The molecule has 2 heterocycles. The highest BCUT2D eigenvalue weighted by molar-refractivity contribution is 5.81. The number of benzene rings is 3. The van der Waals surface area contributed by atoms with Crippen LogP contribution in [0, 0.1) is 0 Å². The second-order valence-electron chi connectivity index (χ2n) is 9.74. The zero-order chi connectivity index (χ0) is 28.8. The van der Waals surface area contributed by atoms with Gasteiger partial charge in [0.25, 0.3) is 5.56 Å². The van der Waals surface area contributed by atoms with Gasteiger partial charge in [0.05, 0.1) is 43.9 Å². The van der Waals surface area contributed by atoms with E-state index < -0.39 is 18.0 Å². The summed E-state index contributed by atoms with van der Waals surface area (Å²) in [7, 11) is 2.86. The molecule has 212 valence electrons. The molecule has 0 bridgehead atoms. The van der Waals surface area contributed by atoms with Crippen LogP contribution in [0.3, 0.4) is 0 Å². The minimum Gasteiger partial charge on any atom is -0.497 e. The molecule has 10 nitrogen and oxygen atoms in total. The van der Waals surface area contributed by atoms with Crippen molar-refractivity contribution in [1.29, 1.82) is 0 Å². The van der Waals surface area contributed by atoms with Crippen LogP contribution in [0.5, 0.6) is 5.75 Å². The third-order valence-electron chi connectivity index (χ3n) is 7.11. The number of rotatable bonds is 9. The molecule has 5 rings (SSSR count). The van der Waals surface area contributed by atoms with Crippen molar-refractivity contribution in [2.45, 2.75) is 12.6 Å². The molecule has 1 unspecified atom stereocenters. The van der Waals surface area contributed by atoms with Crippen molar-refractivity contribution in [3.63, 3.8) is 0 Å². The SMILES string of the molecule is COC(=O)C(OC(=O)CN1CCN(Cc2nc3ccccc3c(=O)n2-c2cccc(OC)c2)CC1)c1ccccc1. The Labute approximate surface area is 237 Å². The number of ether oxygens (including phenoxy) is 3. The number of hydrogen-bond acceptors (Lipinski definition) is 9. The van der Waals surface area contributed by atoms with E-state index in [2.05, 4.69) is 4.90 Å². The lowest BCUT2D eigenvalue weighted by Gasteiger charge is -2.34. The average Bonchev–Trinajstić information content (AvgIpc) is 3.01. The fourth-order valence-corrected chi connectivity index (χ4v) is 4.94. The van der Waals surface area contributed by atoms with Gasteiger partial charge >= 0.3 is 11.9 Å². The summed E-state index contributed by atoms with van der Waals surface area (Å²) in [6.45, 7) is 3.05. The minimum absolute atomic E-state index is 0.0525. The number of nitrogens with zero attached hydrogens (tertiary/aromatic N) is 4. The van der Waals surface area contributed by atoms with Gasteiger partial charge in [-0.25, -0.2) is 9.78 Å². The summed E-state index contributed by atoms with van der Waals surface area (Å²) in [6, 6.07) is 23.5. The van der Waals surface area contributed by atoms with Crippen LogP contribution in [0.25, 0.3) is 16.6 Å². The Balaban J connectivity index is 1.27. The quantitative estimate of drug-likeness (QED) is 0.288. The highest BCUT2D eigenvalue weighted by Gasteiger charge is 2.28. The topological polar surface area (TPSA) is 103 Å². The summed E-state index contributed by atoms with van der Waals surface area (Å²) in [5.41, 5.74) is 1.75. The van der Waals surface area contributed by atoms with E-state index in [4.69, 9.17) is 19.2 Å². The van der Waals surface area contributed by atoms with E-state index in [1.807, 2.05) is 53.4 Å². The first kappa shape index (κ1) is 28.0. The molecule has 1 atom stereocenters. The first-order valence-corrected chi connectivity index (χ1v) is 13.4. The molecule has 0 saturated carbocycles. The normalized spacial score (nSPS) is 14.9. The van der Waals surface area contributed by atoms with Gasteiger partial charge in [0.2, 0.25) is 6.10 Å². The average molecular weight is 557 g/mol. The zero-order valence-corrected chi connectivity index (χ0v) is 23.1. The molecular formula is C31H32N4O6. The molecule has 4 aromatic rings. The summed E-state index contributed by atoms with van der Waals surface area (Å²) < 4.78 is 17.4. The van der Waals surface area contributed by atoms with Gasteiger partial charge in [0.15, 0.2) is 0 Å². The maximum atomic E-state index is 13.6. The summed E-state index contributed by atoms with van der Waals surface area (Å²) >= 11 is 0. The molecule has 0 spiro atoms. The fourth-order valence-electron chi connectivity index (χ4n) is 4.94. The number of carbonyl (C=O) groups is 2. The summed E-state index contributed by atoms with van der Waals surface area (Å²) in [5, 5.41) is 0.545. The van der Waals surface area contributed by atoms with Gasteiger partial charge in [0.1, 0.15) is 11.6 Å². The van der Waals surface area contributed by atoms with Crippen molar-refractivity contribution in [2.24, 2.45) is 0 Å². The van der Waals surface area contributed by atoms with E-state index in [9.17, 15) is 14.4 Å². The zero-order valence-electron chi connectivity index (χ0n) is 23.1. The van der Waals surface area contributed by atoms with E-state index in [0.29, 0.717) is 66.5 Å². The Hall–Kier alpha value is -4.54. The van der Waals surface area contributed by atoms with Crippen molar-refractivity contribution in [2.75, 3.05) is 46.9 Å². The van der Waals surface area contributed by atoms with Crippen molar-refractivity contribution >= 4 is 22.8 Å². The number of aromatic nitrogens is 2. The molecule has 0 radical (unpaired) electrons. The van der Waals surface area contributed by atoms with Crippen LogP contribution in [0.15, 0.2) is 83.7 Å². The Morgan fingerprint density at radius 2 is 1.59 bits per heavy atom. The van der Waals surface area contributed by atoms with E-state index in [0.717, 1.165) is 0 Å². The molecular weight excluding hydrogens is 524 g/mol. The fraction of sp³-hybridized carbons (Fsp3) is 0.290. The molecule has 0 amide bonds. The predicted molar refractivity (Wildman–Crippen MR) is 153 cm³/mol. The Bertz CT molecular complexity index is 1580. The molecule has 1 fully saturated rings. The molecule has 1 aromatic heterocycles. The maximum Gasteiger partial charge on any atom is 0.351 e. The van der Waals surface area contributed by atoms with Gasteiger partial charge < -0.3 is 14.2 Å². The second-order valence-corrected chi connectivity index (χ2v) is 9.74.